The van der Waals surface area contributed by atoms with Crippen LogP contribution in [0, 0.1) is 13.8 Å². The van der Waals surface area contributed by atoms with Crippen LogP contribution in [0.15, 0.2) is 34.9 Å². The molecule has 4 rings (SSSR count). The number of rotatable bonds is 3. The van der Waals surface area contributed by atoms with Crippen LogP contribution in [-0.2, 0) is 12.5 Å². The Morgan fingerprint density at radius 3 is 2.59 bits per heavy atom. The lowest BCUT2D eigenvalue weighted by molar-refractivity contribution is 0.416. The van der Waals surface area contributed by atoms with E-state index in [1.807, 2.05) is 24.7 Å². The summed E-state index contributed by atoms with van der Waals surface area (Å²) >= 11 is 0. The van der Waals surface area contributed by atoms with E-state index >= 15 is 0 Å². The first kappa shape index (κ1) is 13.2. The predicted octanol–water partition coefficient (Wildman–Crippen LogP) is 3.17. The monoisotopic (exact) mass is 294 g/mol. The van der Waals surface area contributed by atoms with Gasteiger partial charge in [0.15, 0.2) is 11.5 Å². The minimum Gasteiger partial charge on any atom is -0.332 e. The van der Waals surface area contributed by atoms with Crippen molar-refractivity contribution in [3.05, 3.63) is 53.0 Å². The van der Waals surface area contributed by atoms with Gasteiger partial charge in [-0.1, -0.05) is 29.4 Å². The van der Waals surface area contributed by atoms with E-state index in [2.05, 4.69) is 46.4 Å². The van der Waals surface area contributed by atoms with E-state index in [9.17, 15) is 0 Å². The molecule has 0 unspecified atom stereocenters. The van der Waals surface area contributed by atoms with Gasteiger partial charge in [-0.15, -0.1) is 0 Å². The zero-order valence-corrected chi connectivity index (χ0v) is 13.0. The maximum Gasteiger partial charge on any atom is 0.278 e. The molecular formula is C17H18N4O. The maximum absolute atomic E-state index is 5.47. The van der Waals surface area contributed by atoms with Crippen molar-refractivity contribution >= 4 is 0 Å². The van der Waals surface area contributed by atoms with Crippen LogP contribution in [0.25, 0.3) is 11.6 Å². The van der Waals surface area contributed by atoms with Crippen LogP contribution in [-0.4, -0.2) is 19.9 Å². The van der Waals surface area contributed by atoms with Gasteiger partial charge in [-0.3, -0.25) is 4.68 Å². The first-order valence-corrected chi connectivity index (χ1v) is 7.51. The van der Waals surface area contributed by atoms with Crippen molar-refractivity contribution in [3.8, 4) is 11.6 Å². The normalized spacial score (nSPS) is 16.0. The van der Waals surface area contributed by atoms with Gasteiger partial charge in [-0.25, -0.2) is 0 Å². The van der Waals surface area contributed by atoms with E-state index < -0.39 is 0 Å². The fraction of sp³-hybridized carbons (Fsp3) is 0.353. The van der Waals surface area contributed by atoms with Crippen LogP contribution in [0.2, 0.25) is 0 Å². The first-order chi connectivity index (χ1) is 10.6. The van der Waals surface area contributed by atoms with Gasteiger partial charge in [0.2, 0.25) is 0 Å². The highest BCUT2D eigenvalue weighted by Crippen LogP contribution is 2.53. The third-order valence-corrected chi connectivity index (χ3v) is 4.60. The van der Waals surface area contributed by atoms with Gasteiger partial charge in [-0.2, -0.15) is 10.1 Å². The van der Waals surface area contributed by atoms with Crippen molar-refractivity contribution < 1.29 is 4.52 Å². The Kier molecular flexibility index (Phi) is 2.73. The minimum atomic E-state index is -0.0725. The van der Waals surface area contributed by atoms with Crippen molar-refractivity contribution in [1.29, 1.82) is 0 Å². The quantitative estimate of drug-likeness (QED) is 0.744. The summed E-state index contributed by atoms with van der Waals surface area (Å²) in [4.78, 5) is 4.63. The van der Waals surface area contributed by atoms with Crippen LogP contribution in [0.4, 0.5) is 0 Å². The summed E-state index contributed by atoms with van der Waals surface area (Å²) in [5.74, 6) is 1.28. The zero-order valence-electron chi connectivity index (χ0n) is 13.0. The Bertz CT molecular complexity index is 822. The molecule has 2 heterocycles. The van der Waals surface area contributed by atoms with Gasteiger partial charge in [0.05, 0.1) is 5.41 Å². The third-order valence-electron chi connectivity index (χ3n) is 4.60. The summed E-state index contributed by atoms with van der Waals surface area (Å²) in [6.45, 7) is 4.14. The number of benzene rings is 1. The lowest BCUT2D eigenvalue weighted by atomic mass is 9.91. The van der Waals surface area contributed by atoms with E-state index in [1.54, 1.807) is 0 Å². The first-order valence-electron chi connectivity index (χ1n) is 7.51. The smallest absolute Gasteiger partial charge is 0.278 e. The Labute approximate surface area is 129 Å². The molecule has 5 heteroatoms. The summed E-state index contributed by atoms with van der Waals surface area (Å²) < 4.78 is 7.28. The van der Waals surface area contributed by atoms with Crippen LogP contribution >= 0.6 is 0 Å². The third kappa shape index (κ3) is 1.89. The molecule has 0 saturated heterocycles. The van der Waals surface area contributed by atoms with Gasteiger partial charge in [-0.05, 0) is 43.9 Å². The van der Waals surface area contributed by atoms with Gasteiger partial charge in [0.25, 0.3) is 5.89 Å². The molecule has 3 aromatic rings. The zero-order chi connectivity index (χ0) is 15.3. The van der Waals surface area contributed by atoms with Crippen molar-refractivity contribution in [2.24, 2.45) is 7.05 Å². The number of nitrogens with zero attached hydrogens (tertiary/aromatic N) is 4. The van der Waals surface area contributed by atoms with Crippen molar-refractivity contribution in [3.63, 3.8) is 0 Å². The van der Waals surface area contributed by atoms with Gasteiger partial charge in [0, 0.05) is 12.7 Å². The molecule has 1 aromatic carbocycles. The molecule has 112 valence electrons. The molecule has 2 aromatic heterocycles. The van der Waals surface area contributed by atoms with Crippen molar-refractivity contribution in [2.45, 2.75) is 32.1 Å². The van der Waals surface area contributed by atoms with E-state index in [0.717, 1.165) is 30.1 Å². The fourth-order valence-corrected chi connectivity index (χ4v) is 3.04. The average Bonchev–Trinajstić information content (AvgIpc) is 3.02. The lowest BCUT2D eigenvalue weighted by Gasteiger charge is -2.13. The molecule has 1 aliphatic rings. The molecule has 0 radical (unpaired) electrons. The molecule has 0 bridgehead atoms. The standard InChI is InChI=1S/C17H18N4O/c1-11-6-4-5-7-13(11)17(8-9-17)16-18-15(22-20-16)14-10-12(2)21(3)19-14/h4-7,10H,8-9H2,1-3H3. The lowest BCUT2D eigenvalue weighted by Crippen LogP contribution is -2.12. The minimum absolute atomic E-state index is 0.0725. The second-order valence-electron chi connectivity index (χ2n) is 6.11. The summed E-state index contributed by atoms with van der Waals surface area (Å²) in [5, 5.41) is 8.65. The predicted molar refractivity (Wildman–Crippen MR) is 82.4 cm³/mol. The van der Waals surface area contributed by atoms with E-state index in [0.29, 0.717) is 5.89 Å². The maximum atomic E-state index is 5.47. The molecule has 22 heavy (non-hydrogen) atoms. The summed E-state index contributed by atoms with van der Waals surface area (Å²) in [7, 11) is 1.91. The Balaban J connectivity index is 1.74. The van der Waals surface area contributed by atoms with E-state index in [4.69, 9.17) is 4.52 Å². The van der Waals surface area contributed by atoms with Crippen LogP contribution < -0.4 is 0 Å². The molecule has 0 spiro atoms. The largest absolute Gasteiger partial charge is 0.332 e. The molecule has 1 fully saturated rings. The van der Waals surface area contributed by atoms with Crippen molar-refractivity contribution in [2.75, 3.05) is 0 Å². The summed E-state index contributed by atoms with van der Waals surface area (Å²) in [6, 6.07) is 10.4. The van der Waals surface area contributed by atoms with Crippen LogP contribution in [0.3, 0.4) is 0 Å². The Morgan fingerprint density at radius 1 is 1.18 bits per heavy atom. The second-order valence-corrected chi connectivity index (χ2v) is 6.11. The van der Waals surface area contributed by atoms with Crippen LogP contribution in [0.1, 0.15) is 35.5 Å². The van der Waals surface area contributed by atoms with Gasteiger partial charge in [0.1, 0.15) is 0 Å². The molecule has 0 N–H and O–H groups in total. The fourth-order valence-electron chi connectivity index (χ4n) is 3.04. The highest BCUT2D eigenvalue weighted by Gasteiger charge is 2.50. The molecule has 5 nitrogen and oxygen atoms in total. The van der Waals surface area contributed by atoms with E-state index in [-0.39, 0.29) is 5.41 Å². The molecule has 0 amide bonds. The number of hydrogen-bond acceptors (Lipinski definition) is 4. The van der Waals surface area contributed by atoms with E-state index in [1.165, 1.54) is 11.1 Å². The molecule has 0 atom stereocenters. The van der Waals surface area contributed by atoms with Gasteiger partial charge >= 0.3 is 0 Å². The number of aryl methyl sites for hydroxylation is 3. The number of aromatic nitrogens is 4. The molecular weight excluding hydrogens is 276 g/mol. The second kappa shape index (κ2) is 4.53. The average molecular weight is 294 g/mol. The van der Waals surface area contributed by atoms with Gasteiger partial charge < -0.3 is 4.52 Å². The van der Waals surface area contributed by atoms with Crippen molar-refractivity contribution in [1.82, 2.24) is 19.9 Å². The highest BCUT2D eigenvalue weighted by atomic mass is 16.5. The topological polar surface area (TPSA) is 56.7 Å². The Hall–Kier alpha value is -2.43. The summed E-state index contributed by atoms with van der Waals surface area (Å²) in [6.07, 6.45) is 2.14. The summed E-state index contributed by atoms with van der Waals surface area (Å²) in [5.41, 5.74) is 4.31. The Morgan fingerprint density at radius 2 is 1.95 bits per heavy atom. The number of hydrogen-bond donors (Lipinski definition) is 0. The SMILES string of the molecule is Cc1ccccc1C1(c2noc(-c3cc(C)n(C)n3)n2)CC1. The molecule has 1 aliphatic carbocycles. The molecule has 0 aliphatic heterocycles. The van der Waals surface area contributed by atoms with Crippen LogP contribution in [0.5, 0.6) is 0 Å². The highest BCUT2D eigenvalue weighted by molar-refractivity contribution is 5.49. The molecule has 1 saturated carbocycles.